The second kappa shape index (κ2) is 1.62. The van der Waals surface area contributed by atoms with Gasteiger partial charge in [-0.05, 0) is 6.08 Å². The fourth-order valence-corrected chi connectivity index (χ4v) is 1.08. The minimum absolute atomic E-state index is 0.0273. The molecule has 52 valence electrons. The Bertz CT molecular complexity index is 232. The summed E-state index contributed by atoms with van der Waals surface area (Å²) < 4.78 is 5.23. The average molecular weight is 137 g/mol. The monoisotopic (exact) mass is 137 g/mol. The molecule has 2 aliphatic heterocycles. The summed E-state index contributed by atoms with van der Waals surface area (Å²) in [6, 6.07) is 0. The predicted octanol–water partition coefficient (Wildman–Crippen LogP) is 0.602. The van der Waals surface area contributed by atoms with Crippen molar-refractivity contribution in [2.24, 2.45) is 0 Å². The van der Waals surface area contributed by atoms with Crippen LogP contribution in [0, 0.1) is 0 Å². The number of nitrogens with zero attached hydrogens (tertiary/aromatic N) is 1. The number of carbonyl (C=O) groups is 1. The molecular formula is C7H7NO2. The maximum atomic E-state index is 10.7. The van der Waals surface area contributed by atoms with Gasteiger partial charge < -0.3 is 4.74 Å². The first-order valence-corrected chi connectivity index (χ1v) is 3.13. The highest BCUT2D eigenvalue weighted by atomic mass is 16.5. The van der Waals surface area contributed by atoms with E-state index in [-0.39, 0.29) is 12.1 Å². The van der Waals surface area contributed by atoms with Crippen LogP contribution in [-0.4, -0.2) is 17.0 Å². The summed E-state index contributed by atoms with van der Waals surface area (Å²) in [5.74, 6) is 0.817. The molecule has 0 aromatic carbocycles. The summed E-state index contributed by atoms with van der Waals surface area (Å²) in [5, 5.41) is 0. The van der Waals surface area contributed by atoms with Crippen molar-refractivity contribution in [1.82, 2.24) is 4.90 Å². The molecule has 3 nitrogen and oxygen atoms in total. The normalized spacial score (nSPS) is 28.4. The second-order valence-electron chi connectivity index (χ2n) is 2.31. The zero-order valence-corrected chi connectivity index (χ0v) is 5.41. The topological polar surface area (TPSA) is 29.5 Å². The standard InChI is InChI=1S/C7H7NO2/c1-2-5-4-8-6(9)3-7(8)10-5/h2,4,7H,1,3H2/t7-/m1/s1. The number of hydrogen-bond acceptors (Lipinski definition) is 2. The predicted molar refractivity (Wildman–Crippen MR) is 34.6 cm³/mol. The van der Waals surface area contributed by atoms with Gasteiger partial charge >= 0.3 is 0 Å². The van der Waals surface area contributed by atoms with Crippen LogP contribution in [0.1, 0.15) is 6.42 Å². The minimum atomic E-state index is -0.0273. The lowest BCUT2D eigenvalue weighted by Gasteiger charge is -2.30. The molecule has 0 aliphatic carbocycles. The van der Waals surface area contributed by atoms with Crippen molar-refractivity contribution in [3.63, 3.8) is 0 Å². The first kappa shape index (κ1) is 5.53. The molecule has 0 aromatic rings. The molecule has 2 rings (SSSR count). The molecule has 0 unspecified atom stereocenters. The van der Waals surface area contributed by atoms with Crippen molar-refractivity contribution in [1.29, 1.82) is 0 Å². The number of fused-ring (bicyclic) bond motifs is 1. The Kier molecular flexibility index (Phi) is 0.897. The SMILES string of the molecule is C=CC1=CN2C(=O)C[C@H]2O1. The van der Waals surface area contributed by atoms with E-state index in [9.17, 15) is 4.79 Å². The molecule has 2 heterocycles. The molecule has 0 radical (unpaired) electrons. The highest BCUT2D eigenvalue weighted by Crippen LogP contribution is 2.29. The summed E-state index contributed by atoms with van der Waals surface area (Å²) in [6.07, 6.45) is 3.77. The average Bonchev–Trinajstić information content (AvgIpc) is 2.26. The van der Waals surface area contributed by atoms with Gasteiger partial charge in [0.15, 0.2) is 6.23 Å². The number of amides is 1. The van der Waals surface area contributed by atoms with E-state index >= 15 is 0 Å². The molecule has 10 heavy (non-hydrogen) atoms. The lowest BCUT2D eigenvalue weighted by atomic mass is 10.2. The number of hydrogen-bond donors (Lipinski definition) is 0. The molecule has 0 spiro atoms. The van der Waals surface area contributed by atoms with Crippen LogP contribution in [0.5, 0.6) is 0 Å². The van der Waals surface area contributed by atoms with E-state index in [1.54, 1.807) is 17.2 Å². The third kappa shape index (κ3) is 0.518. The highest BCUT2D eigenvalue weighted by molar-refractivity contribution is 5.84. The van der Waals surface area contributed by atoms with Gasteiger partial charge in [0.2, 0.25) is 5.91 Å². The molecule has 0 bridgehead atoms. The van der Waals surface area contributed by atoms with Crippen LogP contribution in [0.25, 0.3) is 0 Å². The number of β-lactam (4-membered cyclic amide) rings is 1. The Hall–Kier alpha value is -1.25. The fourth-order valence-electron chi connectivity index (χ4n) is 1.08. The highest BCUT2D eigenvalue weighted by Gasteiger charge is 2.40. The Morgan fingerprint density at radius 2 is 2.70 bits per heavy atom. The van der Waals surface area contributed by atoms with E-state index in [1.165, 1.54) is 0 Å². The van der Waals surface area contributed by atoms with E-state index in [2.05, 4.69) is 6.58 Å². The molecule has 1 amide bonds. The van der Waals surface area contributed by atoms with Crippen LogP contribution >= 0.6 is 0 Å². The Morgan fingerprint density at radius 3 is 3.20 bits per heavy atom. The Morgan fingerprint density at radius 1 is 1.90 bits per heavy atom. The Labute approximate surface area is 58.6 Å². The minimum Gasteiger partial charge on any atom is -0.468 e. The van der Waals surface area contributed by atoms with E-state index in [0.717, 1.165) is 0 Å². The summed E-state index contributed by atoms with van der Waals surface area (Å²) in [5.41, 5.74) is 0. The van der Waals surface area contributed by atoms with Crippen LogP contribution in [0.3, 0.4) is 0 Å². The van der Waals surface area contributed by atoms with Crippen LogP contribution in [0.4, 0.5) is 0 Å². The first-order valence-electron chi connectivity index (χ1n) is 3.13. The summed E-state index contributed by atoms with van der Waals surface area (Å²) in [4.78, 5) is 12.3. The van der Waals surface area contributed by atoms with Gasteiger partial charge in [0.05, 0.1) is 12.6 Å². The maximum Gasteiger partial charge on any atom is 0.235 e. The van der Waals surface area contributed by atoms with Gasteiger partial charge in [-0.1, -0.05) is 6.58 Å². The summed E-state index contributed by atoms with van der Waals surface area (Å²) in [6.45, 7) is 3.53. The number of ether oxygens (including phenoxy) is 1. The Balaban J connectivity index is 2.19. The molecule has 0 aromatic heterocycles. The molecule has 1 saturated heterocycles. The van der Waals surface area contributed by atoms with Crippen molar-refractivity contribution in [2.45, 2.75) is 12.6 Å². The molecule has 0 N–H and O–H groups in total. The van der Waals surface area contributed by atoms with E-state index < -0.39 is 0 Å². The van der Waals surface area contributed by atoms with Crippen LogP contribution in [0.2, 0.25) is 0 Å². The van der Waals surface area contributed by atoms with Crippen molar-refractivity contribution >= 4 is 5.91 Å². The number of carbonyl (C=O) groups excluding carboxylic acids is 1. The third-order valence-electron chi connectivity index (χ3n) is 1.69. The van der Waals surface area contributed by atoms with Gasteiger partial charge in [0, 0.05) is 0 Å². The molecule has 1 atom stereocenters. The maximum absolute atomic E-state index is 10.7. The van der Waals surface area contributed by atoms with Gasteiger partial charge in [-0.3, -0.25) is 9.69 Å². The number of allylic oxidation sites excluding steroid dienone is 1. The molecular weight excluding hydrogens is 130 g/mol. The summed E-state index contributed by atoms with van der Waals surface area (Å²) >= 11 is 0. The van der Waals surface area contributed by atoms with Crippen molar-refractivity contribution in [3.05, 3.63) is 24.6 Å². The van der Waals surface area contributed by atoms with E-state index in [1.807, 2.05) is 0 Å². The van der Waals surface area contributed by atoms with E-state index in [4.69, 9.17) is 4.74 Å². The lowest BCUT2D eigenvalue weighted by molar-refractivity contribution is -0.152. The third-order valence-corrected chi connectivity index (χ3v) is 1.69. The molecule has 2 aliphatic rings. The lowest BCUT2D eigenvalue weighted by Crippen LogP contribution is -2.46. The van der Waals surface area contributed by atoms with Gasteiger partial charge in [0.25, 0.3) is 0 Å². The largest absolute Gasteiger partial charge is 0.468 e. The van der Waals surface area contributed by atoms with Crippen LogP contribution in [0.15, 0.2) is 24.6 Å². The van der Waals surface area contributed by atoms with Crippen molar-refractivity contribution in [2.75, 3.05) is 0 Å². The van der Waals surface area contributed by atoms with Gasteiger partial charge in [-0.15, -0.1) is 0 Å². The van der Waals surface area contributed by atoms with Crippen molar-refractivity contribution < 1.29 is 9.53 Å². The first-order chi connectivity index (χ1) is 4.81. The molecule has 0 saturated carbocycles. The van der Waals surface area contributed by atoms with Crippen LogP contribution < -0.4 is 0 Å². The zero-order chi connectivity index (χ0) is 7.14. The van der Waals surface area contributed by atoms with Gasteiger partial charge in [-0.2, -0.15) is 0 Å². The second-order valence-corrected chi connectivity index (χ2v) is 2.31. The molecule has 1 fully saturated rings. The fraction of sp³-hybridized carbons (Fsp3) is 0.286. The van der Waals surface area contributed by atoms with Gasteiger partial charge in [0.1, 0.15) is 5.76 Å². The van der Waals surface area contributed by atoms with Crippen molar-refractivity contribution in [3.8, 4) is 0 Å². The van der Waals surface area contributed by atoms with Crippen LogP contribution in [-0.2, 0) is 9.53 Å². The smallest absolute Gasteiger partial charge is 0.235 e. The van der Waals surface area contributed by atoms with Gasteiger partial charge in [-0.25, -0.2) is 0 Å². The van der Waals surface area contributed by atoms with E-state index in [0.29, 0.717) is 12.2 Å². The number of rotatable bonds is 1. The molecule has 3 heteroatoms. The summed E-state index contributed by atoms with van der Waals surface area (Å²) in [7, 11) is 0. The zero-order valence-electron chi connectivity index (χ0n) is 5.41. The quantitative estimate of drug-likeness (QED) is 0.495.